The van der Waals surface area contributed by atoms with Crippen molar-refractivity contribution in [2.24, 2.45) is 4.40 Å². The molecular formula is C20H24N2OS. The van der Waals surface area contributed by atoms with Gasteiger partial charge in [0, 0.05) is 23.9 Å². The van der Waals surface area contributed by atoms with Crippen LogP contribution in [0, 0.1) is 6.92 Å². The van der Waals surface area contributed by atoms with E-state index in [1.54, 1.807) is 7.05 Å². The van der Waals surface area contributed by atoms with E-state index >= 15 is 0 Å². The molecule has 0 aliphatic rings. The molecule has 2 aromatic rings. The van der Waals surface area contributed by atoms with Crippen molar-refractivity contribution >= 4 is 23.6 Å². The molecule has 2 rings (SSSR count). The van der Waals surface area contributed by atoms with Gasteiger partial charge in [-0.25, -0.2) is 4.40 Å². The number of amides is 1. The Morgan fingerprint density at radius 3 is 2.50 bits per heavy atom. The van der Waals surface area contributed by atoms with Crippen LogP contribution in [0.4, 0.5) is 0 Å². The van der Waals surface area contributed by atoms with Crippen molar-refractivity contribution in [3.63, 3.8) is 0 Å². The third-order valence-corrected chi connectivity index (χ3v) is 5.16. The Labute approximate surface area is 148 Å². The van der Waals surface area contributed by atoms with Crippen LogP contribution in [0.5, 0.6) is 0 Å². The fourth-order valence-corrected chi connectivity index (χ4v) is 3.50. The number of rotatable bonds is 6. The van der Waals surface area contributed by atoms with E-state index in [4.69, 9.17) is 0 Å². The van der Waals surface area contributed by atoms with Crippen molar-refractivity contribution in [1.82, 2.24) is 5.32 Å². The van der Waals surface area contributed by atoms with Crippen LogP contribution in [0.15, 0.2) is 57.8 Å². The average Bonchev–Trinajstić information content (AvgIpc) is 2.62. The molecule has 0 radical (unpaired) electrons. The zero-order valence-electron chi connectivity index (χ0n) is 14.7. The fourth-order valence-electron chi connectivity index (χ4n) is 2.64. The molecule has 1 unspecified atom stereocenters. The topological polar surface area (TPSA) is 41.5 Å². The molecule has 1 atom stereocenters. The van der Waals surface area contributed by atoms with Gasteiger partial charge in [-0.15, -0.1) is 0 Å². The normalized spacial score (nSPS) is 12.8. The number of benzene rings is 2. The van der Waals surface area contributed by atoms with Crippen LogP contribution in [-0.2, 0) is 4.79 Å². The summed E-state index contributed by atoms with van der Waals surface area (Å²) in [7, 11) is 1.69. The maximum Gasteiger partial charge on any atom is 0.227 e. The summed E-state index contributed by atoms with van der Waals surface area (Å²) < 4.78 is 4.69. The van der Waals surface area contributed by atoms with Gasteiger partial charge in [-0.2, -0.15) is 0 Å². The first-order valence-corrected chi connectivity index (χ1v) is 8.94. The third-order valence-electron chi connectivity index (χ3n) is 4.05. The lowest BCUT2D eigenvalue weighted by Crippen LogP contribution is -2.25. The maximum absolute atomic E-state index is 12.2. The van der Waals surface area contributed by atoms with Gasteiger partial charge in [0.05, 0.1) is 11.6 Å². The number of nitrogens with one attached hydrogen (secondary N) is 1. The van der Waals surface area contributed by atoms with Gasteiger partial charge >= 0.3 is 0 Å². The van der Waals surface area contributed by atoms with Crippen LogP contribution in [0.25, 0.3) is 0 Å². The molecule has 0 bridgehead atoms. The monoisotopic (exact) mass is 340 g/mol. The predicted molar refractivity (Wildman–Crippen MR) is 103 cm³/mol. The highest BCUT2D eigenvalue weighted by molar-refractivity contribution is 7.98. The molecule has 2 aromatic carbocycles. The average molecular weight is 340 g/mol. The lowest BCUT2D eigenvalue weighted by atomic mass is 9.94. The van der Waals surface area contributed by atoms with Crippen LogP contribution >= 0.6 is 11.9 Å². The first-order valence-electron chi connectivity index (χ1n) is 8.16. The minimum absolute atomic E-state index is 0.0497. The summed E-state index contributed by atoms with van der Waals surface area (Å²) in [6.45, 7) is 6.11. The molecule has 0 aromatic heterocycles. The largest absolute Gasteiger partial charge is 0.359 e. The summed E-state index contributed by atoms with van der Waals surface area (Å²) in [6, 6.07) is 16.2. The van der Waals surface area contributed by atoms with Crippen molar-refractivity contribution in [2.75, 3.05) is 7.05 Å². The summed E-state index contributed by atoms with van der Waals surface area (Å²) in [5.74, 6) is -0.0988. The summed E-state index contributed by atoms with van der Waals surface area (Å²) >= 11 is 1.46. The summed E-state index contributed by atoms with van der Waals surface area (Å²) in [4.78, 5) is 13.3. The van der Waals surface area contributed by atoms with Crippen LogP contribution < -0.4 is 5.32 Å². The molecule has 0 spiro atoms. The third kappa shape index (κ3) is 4.26. The quantitative estimate of drug-likeness (QED) is 0.609. The van der Waals surface area contributed by atoms with Crippen LogP contribution in [0.1, 0.15) is 42.9 Å². The lowest BCUT2D eigenvalue weighted by Gasteiger charge is -2.18. The van der Waals surface area contributed by atoms with E-state index in [9.17, 15) is 4.79 Å². The van der Waals surface area contributed by atoms with Crippen molar-refractivity contribution < 1.29 is 4.79 Å². The van der Waals surface area contributed by atoms with Gasteiger partial charge in [-0.05, 0) is 37.0 Å². The second kappa shape index (κ2) is 8.69. The van der Waals surface area contributed by atoms with Gasteiger partial charge in [0.25, 0.3) is 0 Å². The minimum atomic E-state index is -0.148. The van der Waals surface area contributed by atoms with Crippen LogP contribution in [0.2, 0.25) is 0 Å². The summed E-state index contributed by atoms with van der Waals surface area (Å²) in [5, 5.41) is 2.77. The molecule has 4 heteroatoms. The molecule has 0 fully saturated rings. The molecule has 0 saturated carbocycles. The smallest absolute Gasteiger partial charge is 0.227 e. The highest BCUT2D eigenvalue weighted by atomic mass is 32.2. The maximum atomic E-state index is 12.2. The Kier molecular flexibility index (Phi) is 6.62. The zero-order chi connectivity index (χ0) is 17.5. The highest BCUT2D eigenvalue weighted by Crippen LogP contribution is 2.34. The molecule has 1 amide bonds. The van der Waals surface area contributed by atoms with E-state index in [1.807, 2.05) is 44.2 Å². The number of carbonyl (C=O) groups is 1. The molecular weight excluding hydrogens is 316 g/mol. The van der Waals surface area contributed by atoms with Gasteiger partial charge in [0.2, 0.25) is 5.91 Å². The van der Waals surface area contributed by atoms with Gasteiger partial charge in [-0.1, -0.05) is 55.5 Å². The van der Waals surface area contributed by atoms with E-state index in [0.717, 1.165) is 33.7 Å². The zero-order valence-corrected chi connectivity index (χ0v) is 15.5. The Morgan fingerprint density at radius 1 is 1.17 bits per heavy atom. The molecule has 24 heavy (non-hydrogen) atoms. The Bertz CT molecular complexity index is 726. The number of carbonyl (C=O) groups excluding carboxylic acids is 1. The van der Waals surface area contributed by atoms with Gasteiger partial charge in [-0.3, -0.25) is 4.79 Å². The summed E-state index contributed by atoms with van der Waals surface area (Å²) in [5.41, 5.74) is 4.28. The van der Waals surface area contributed by atoms with Crippen molar-refractivity contribution in [2.45, 2.75) is 38.0 Å². The predicted octanol–water partition coefficient (Wildman–Crippen LogP) is 4.75. The Balaban J connectivity index is 2.35. The minimum Gasteiger partial charge on any atom is -0.359 e. The number of likely N-dealkylation sites (N-methyl/N-ethyl adjacent to an activating group) is 1. The lowest BCUT2D eigenvalue weighted by molar-refractivity contribution is -0.122. The highest BCUT2D eigenvalue weighted by Gasteiger charge is 2.21. The molecule has 3 nitrogen and oxygen atoms in total. The number of hydrogen-bond donors (Lipinski definition) is 1. The van der Waals surface area contributed by atoms with E-state index in [0.29, 0.717) is 0 Å². The van der Waals surface area contributed by atoms with E-state index in [2.05, 4.69) is 34.8 Å². The van der Waals surface area contributed by atoms with Gasteiger partial charge < -0.3 is 5.32 Å². The molecule has 126 valence electrons. The molecule has 0 aliphatic heterocycles. The van der Waals surface area contributed by atoms with E-state index in [1.165, 1.54) is 11.9 Å². The Morgan fingerprint density at radius 2 is 1.88 bits per heavy atom. The van der Waals surface area contributed by atoms with Crippen molar-refractivity contribution in [3.05, 3.63) is 65.2 Å². The molecule has 0 saturated heterocycles. The number of nitrogens with zero attached hydrogens (tertiary/aromatic N) is 1. The summed E-state index contributed by atoms with van der Waals surface area (Å²) in [6.07, 6.45) is 0.762. The standard InChI is InChI=1S/C20H24N2OS/c1-5-17(20(23)21-4)18-13-9-10-14(2)19(18)24-22-15(3)16-11-7-6-8-12-16/h6-13,17H,5H2,1-4H3,(H,21,23). The van der Waals surface area contributed by atoms with Crippen molar-refractivity contribution in [1.29, 1.82) is 0 Å². The molecule has 0 heterocycles. The van der Waals surface area contributed by atoms with E-state index < -0.39 is 0 Å². The number of hydrogen-bond acceptors (Lipinski definition) is 3. The fraction of sp³-hybridized carbons (Fsp3) is 0.300. The first kappa shape index (κ1) is 18.3. The van der Waals surface area contributed by atoms with Crippen molar-refractivity contribution in [3.8, 4) is 0 Å². The van der Waals surface area contributed by atoms with Gasteiger partial charge in [0.1, 0.15) is 0 Å². The number of aryl methyl sites for hydroxylation is 1. The Hall–Kier alpha value is -2.07. The van der Waals surface area contributed by atoms with Gasteiger partial charge in [0.15, 0.2) is 0 Å². The molecule has 0 aliphatic carbocycles. The van der Waals surface area contributed by atoms with Crippen LogP contribution in [-0.4, -0.2) is 18.7 Å². The second-order valence-electron chi connectivity index (χ2n) is 5.70. The second-order valence-corrected chi connectivity index (χ2v) is 6.48. The van der Waals surface area contributed by atoms with E-state index in [-0.39, 0.29) is 11.8 Å². The van der Waals surface area contributed by atoms with Crippen LogP contribution in [0.3, 0.4) is 0 Å². The molecule has 1 N–H and O–H groups in total. The first-order chi connectivity index (χ1) is 11.6. The SMILES string of the molecule is CCC(C(=O)NC)c1cccc(C)c1SN=C(C)c1ccccc1.